The van der Waals surface area contributed by atoms with Crippen LogP contribution in [0.15, 0.2) is 18.2 Å². The van der Waals surface area contributed by atoms with E-state index in [1.807, 2.05) is 19.9 Å². The first-order valence-corrected chi connectivity index (χ1v) is 6.02. The molecule has 1 rings (SSSR count). The summed E-state index contributed by atoms with van der Waals surface area (Å²) in [5.41, 5.74) is 1.52. The van der Waals surface area contributed by atoms with E-state index in [-0.39, 0.29) is 17.7 Å². The number of halogens is 1. The highest BCUT2D eigenvalue weighted by Gasteiger charge is 2.20. The normalized spacial score (nSPS) is 11.6. The van der Waals surface area contributed by atoms with Crippen LogP contribution >= 0.6 is 0 Å². The van der Waals surface area contributed by atoms with E-state index in [9.17, 15) is 9.18 Å². The molecule has 100 valence electrons. The van der Waals surface area contributed by atoms with Gasteiger partial charge >= 0.3 is 5.97 Å². The molecule has 0 unspecified atom stereocenters. The second kappa shape index (κ2) is 5.96. The molecular formula is C14H20FNO2. The molecule has 4 heteroatoms. The van der Waals surface area contributed by atoms with Crippen molar-refractivity contribution in [1.29, 1.82) is 0 Å². The number of rotatable bonds is 6. The summed E-state index contributed by atoms with van der Waals surface area (Å²) in [5, 5.41) is 11.7. The van der Waals surface area contributed by atoms with E-state index < -0.39 is 5.97 Å². The fraction of sp³-hybridized carbons (Fsp3) is 0.500. The Hall–Kier alpha value is -1.42. The molecule has 0 aromatic heterocycles. The molecule has 0 aliphatic rings. The van der Waals surface area contributed by atoms with E-state index in [4.69, 9.17) is 5.11 Å². The lowest BCUT2D eigenvalue weighted by Gasteiger charge is -2.26. The molecule has 0 bridgehead atoms. The zero-order valence-electron chi connectivity index (χ0n) is 11.1. The lowest BCUT2D eigenvalue weighted by Crippen LogP contribution is -2.34. The third-order valence-corrected chi connectivity index (χ3v) is 3.02. The van der Waals surface area contributed by atoms with Crippen LogP contribution in [0, 0.1) is 12.7 Å². The molecular weight excluding hydrogens is 233 g/mol. The van der Waals surface area contributed by atoms with Crippen molar-refractivity contribution in [3.05, 3.63) is 35.1 Å². The zero-order chi connectivity index (χ0) is 13.8. The van der Waals surface area contributed by atoms with Gasteiger partial charge in [0.25, 0.3) is 0 Å². The summed E-state index contributed by atoms with van der Waals surface area (Å²) in [6, 6.07) is 5.10. The molecule has 1 aromatic rings. The van der Waals surface area contributed by atoms with E-state index in [1.165, 1.54) is 6.07 Å². The van der Waals surface area contributed by atoms with Crippen LogP contribution in [0.3, 0.4) is 0 Å². The second-order valence-corrected chi connectivity index (χ2v) is 5.17. The van der Waals surface area contributed by atoms with E-state index >= 15 is 0 Å². The SMILES string of the molecule is Cc1cc(C(C)(C)CNCCC(=O)O)ccc1F. The topological polar surface area (TPSA) is 49.3 Å². The predicted octanol–water partition coefficient (Wildman–Crippen LogP) is 2.48. The fourth-order valence-corrected chi connectivity index (χ4v) is 1.76. The van der Waals surface area contributed by atoms with Gasteiger partial charge in [-0.25, -0.2) is 4.39 Å². The fourth-order valence-electron chi connectivity index (χ4n) is 1.76. The molecule has 0 fully saturated rings. The Bertz CT molecular complexity index is 430. The monoisotopic (exact) mass is 253 g/mol. The molecule has 0 heterocycles. The number of carboxylic acids is 1. The molecule has 0 spiro atoms. The predicted molar refractivity (Wildman–Crippen MR) is 69.3 cm³/mol. The summed E-state index contributed by atoms with van der Waals surface area (Å²) in [6.07, 6.45) is 0.110. The highest BCUT2D eigenvalue weighted by atomic mass is 19.1. The standard InChI is InChI=1S/C14H20FNO2/c1-10-8-11(4-5-12(10)15)14(2,3)9-16-7-6-13(17)18/h4-5,8,16H,6-7,9H2,1-3H3,(H,17,18). The number of hydrogen-bond donors (Lipinski definition) is 2. The van der Waals surface area contributed by atoms with Crippen molar-refractivity contribution in [3.8, 4) is 0 Å². The Morgan fingerprint density at radius 2 is 2.11 bits per heavy atom. The van der Waals surface area contributed by atoms with Crippen LogP contribution in [0.25, 0.3) is 0 Å². The van der Waals surface area contributed by atoms with Crippen LogP contribution in [0.1, 0.15) is 31.4 Å². The average molecular weight is 253 g/mol. The maximum Gasteiger partial charge on any atom is 0.304 e. The quantitative estimate of drug-likeness (QED) is 0.766. The van der Waals surface area contributed by atoms with E-state index in [1.54, 1.807) is 13.0 Å². The maximum absolute atomic E-state index is 13.2. The van der Waals surface area contributed by atoms with Gasteiger partial charge in [-0.15, -0.1) is 0 Å². The first kappa shape index (κ1) is 14.6. The molecule has 0 aliphatic heterocycles. The first-order valence-electron chi connectivity index (χ1n) is 6.02. The molecule has 0 aliphatic carbocycles. The van der Waals surface area contributed by atoms with Gasteiger partial charge in [0.1, 0.15) is 5.82 Å². The van der Waals surface area contributed by atoms with E-state index in [0.717, 1.165) is 5.56 Å². The summed E-state index contributed by atoms with van der Waals surface area (Å²) < 4.78 is 13.2. The van der Waals surface area contributed by atoms with Gasteiger partial charge in [-0.2, -0.15) is 0 Å². The van der Waals surface area contributed by atoms with Gasteiger partial charge in [-0.1, -0.05) is 26.0 Å². The Balaban J connectivity index is 2.61. The summed E-state index contributed by atoms with van der Waals surface area (Å²) in [6.45, 7) is 6.94. The van der Waals surface area contributed by atoms with Crippen molar-refractivity contribution in [3.63, 3.8) is 0 Å². The van der Waals surface area contributed by atoms with E-state index in [0.29, 0.717) is 18.7 Å². The Kier molecular flexibility index (Phi) is 4.84. The Morgan fingerprint density at radius 1 is 1.44 bits per heavy atom. The van der Waals surface area contributed by atoms with Gasteiger partial charge in [0, 0.05) is 18.5 Å². The van der Waals surface area contributed by atoms with Crippen LogP contribution < -0.4 is 5.32 Å². The second-order valence-electron chi connectivity index (χ2n) is 5.17. The van der Waals surface area contributed by atoms with Crippen molar-refractivity contribution < 1.29 is 14.3 Å². The van der Waals surface area contributed by atoms with Crippen LogP contribution in [0.4, 0.5) is 4.39 Å². The number of carbonyl (C=O) groups is 1. The Labute approximate surface area is 107 Å². The summed E-state index contributed by atoms with van der Waals surface area (Å²) in [7, 11) is 0. The summed E-state index contributed by atoms with van der Waals surface area (Å²) in [4.78, 5) is 10.4. The molecule has 0 amide bonds. The van der Waals surface area contributed by atoms with Crippen LogP contribution in [-0.4, -0.2) is 24.2 Å². The third kappa shape index (κ3) is 4.11. The molecule has 2 N–H and O–H groups in total. The molecule has 3 nitrogen and oxygen atoms in total. The van der Waals surface area contributed by atoms with Crippen molar-refractivity contribution in [1.82, 2.24) is 5.32 Å². The average Bonchev–Trinajstić information content (AvgIpc) is 2.28. The number of aryl methyl sites for hydroxylation is 1. The zero-order valence-corrected chi connectivity index (χ0v) is 11.1. The molecule has 0 saturated heterocycles. The molecule has 0 radical (unpaired) electrons. The largest absolute Gasteiger partial charge is 0.481 e. The van der Waals surface area contributed by atoms with Crippen molar-refractivity contribution in [2.24, 2.45) is 0 Å². The minimum Gasteiger partial charge on any atom is -0.481 e. The minimum absolute atomic E-state index is 0.110. The van der Waals surface area contributed by atoms with Gasteiger partial charge in [0.2, 0.25) is 0 Å². The first-order chi connectivity index (χ1) is 8.33. The molecule has 1 aromatic carbocycles. The highest BCUT2D eigenvalue weighted by molar-refractivity contribution is 5.66. The lowest BCUT2D eigenvalue weighted by molar-refractivity contribution is -0.136. The van der Waals surface area contributed by atoms with Gasteiger partial charge in [-0.3, -0.25) is 4.79 Å². The molecule has 18 heavy (non-hydrogen) atoms. The number of aliphatic carboxylic acids is 1. The smallest absolute Gasteiger partial charge is 0.304 e. The van der Waals surface area contributed by atoms with Crippen molar-refractivity contribution in [2.45, 2.75) is 32.6 Å². The molecule has 0 atom stereocenters. The summed E-state index contributed by atoms with van der Waals surface area (Å²) >= 11 is 0. The van der Waals surface area contributed by atoms with Gasteiger partial charge in [0.15, 0.2) is 0 Å². The van der Waals surface area contributed by atoms with Gasteiger partial charge < -0.3 is 10.4 Å². The molecule has 0 saturated carbocycles. The van der Waals surface area contributed by atoms with Crippen molar-refractivity contribution >= 4 is 5.97 Å². The van der Waals surface area contributed by atoms with Gasteiger partial charge in [0.05, 0.1) is 6.42 Å². The summed E-state index contributed by atoms with van der Waals surface area (Å²) in [5.74, 6) is -1.01. The number of carboxylic acid groups (broad SMARTS) is 1. The number of hydrogen-bond acceptors (Lipinski definition) is 2. The van der Waals surface area contributed by atoms with Crippen molar-refractivity contribution in [2.75, 3.05) is 13.1 Å². The Morgan fingerprint density at radius 3 is 2.67 bits per heavy atom. The minimum atomic E-state index is -0.807. The number of nitrogens with one attached hydrogen (secondary N) is 1. The third-order valence-electron chi connectivity index (χ3n) is 3.02. The van der Waals surface area contributed by atoms with Crippen LogP contribution in [0.5, 0.6) is 0 Å². The van der Waals surface area contributed by atoms with Crippen LogP contribution in [0.2, 0.25) is 0 Å². The maximum atomic E-state index is 13.2. The van der Waals surface area contributed by atoms with E-state index in [2.05, 4.69) is 5.32 Å². The highest BCUT2D eigenvalue weighted by Crippen LogP contribution is 2.24. The van der Waals surface area contributed by atoms with Crippen LogP contribution in [-0.2, 0) is 10.2 Å². The lowest BCUT2D eigenvalue weighted by atomic mass is 9.84. The number of benzene rings is 1. The van der Waals surface area contributed by atoms with Gasteiger partial charge in [-0.05, 0) is 24.1 Å².